The van der Waals surface area contributed by atoms with Crippen molar-refractivity contribution in [3.63, 3.8) is 0 Å². The zero-order valence-corrected chi connectivity index (χ0v) is 10.4. The molecule has 0 spiro atoms. The minimum absolute atomic E-state index is 0.303. The van der Waals surface area contributed by atoms with Crippen molar-refractivity contribution in [1.82, 2.24) is 0 Å². The van der Waals surface area contributed by atoms with Crippen molar-refractivity contribution < 1.29 is 24.5 Å². The highest BCUT2D eigenvalue weighted by Gasteiger charge is 2.07. The van der Waals surface area contributed by atoms with Gasteiger partial charge in [-0.25, -0.2) is 4.79 Å². The van der Waals surface area contributed by atoms with Gasteiger partial charge in [-0.2, -0.15) is 0 Å². The predicted octanol–water partition coefficient (Wildman–Crippen LogP) is 3.00. The number of hydrogen-bond donors (Lipinski definition) is 2. The first-order valence-electron chi connectivity index (χ1n) is 4.45. The summed E-state index contributed by atoms with van der Waals surface area (Å²) < 4.78 is 4.36. The largest absolute Gasteiger partial charge is 0.481 e. The topological polar surface area (TPSA) is 83.8 Å². The number of ether oxygens (including phenoxy) is 1. The summed E-state index contributed by atoms with van der Waals surface area (Å²) in [5, 5.41) is 16.1. The zero-order chi connectivity index (χ0) is 15.6. The van der Waals surface area contributed by atoms with Crippen molar-refractivity contribution in [2.75, 3.05) is 0 Å². The summed E-state index contributed by atoms with van der Waals surface area (Å²) >= 11 is 0. The lowest BCUT2D eigenvalue weighted by Gasteiger charge is -1.91. The molecule has 0 aliphatic rings. The third-order valence-corrected chi connectivity index (χ3v) is 0.860. The van der Waals surface area contributed by atoms with E-state index >= 15 is 0 Å². The van der Waals surface area contributed by atoms with Crippen molar-refractivity contribution in [2.45, 2.75) is 6.42 Å². The van der Waals surface area contributed by atoms with Gasteiger partial charge in [-0.1, -0.05) is 19.7 Å². The lowest BCUT2D eigenvalue weighted by atomic mass is 10.2. The van der Waals surface area contributed by atoms with Crippen molar-refractivity contribution >= 4 is 11.9 Å². The summed E-state index contributed by atoms with van der Waals surface area (Å²) in [6, 6.07) is 0. The van der Waals surface area contributed by atoms with Crippen molar-refractivity contribution in [2.24, 2.45) is 0 Å². The van der Waals surface area contributed by atoms with Crippen LogP contribution < -0.4 is 0 Å². The first-order chi connectivity index (χ1) is 8.45. The highest BCUT2D eigenvalue weighted by Crippen LogP contribution is 1.95. The first kappa shape index (κ1) is 24.6. The molecule has 0 aliphatic heterocycles. The van der Waals surface area contributed by atoms with Gasteiger partial charge < -0.3 is 14.9 Å². The maximum atomic E-state index is 9.87. The van der Waals surface area contributed by atoms with Gasteiger partial charge >= 0.3 is 11.9 Å². The second kappa shape index (κ2) is 23.9. The molecule has 18 heavy (non-hydrogen) atoms. The number of carbonyl (C=O) groups is 2. The molecule has 5 heteroatoms. The molecular formula is C13H20O5. The van der Waals surface area contributed by atoms with Crippen molar-refractivity contribution in [1.29, 1.82) is 0 Å². The van der Waals surface area contributed by atoms with Crippen LogP contribution in [0.15, 0.2) is 64.1 Å². The van der Waals surface area contributed by atoms with Gasteiger partial charge in [-0.05, 0) is 0 Å². The third kappa shape index (κ3) is 37.6. The van der Waals surface area contributed by atoms with E-state index in [1.54, 1.807) is 0 Å². The Balaban J connectivity index is -0.0000000925. The third-order valence-electron chi connectivity index (χ3n) is 0.860. The van der Waals surface area contributed by atoms with Crippen LogP contribution in [0.5, 0.6) is 0 Å². The SMILES string of the molecule is C=C.C=C.C=C(CC(=O)O)C(=O)O.C=COC=C. The Labute approximate surface area is 108 Å². The Morgan fingerprint density at radius 2 is 1.33 bits per heavy atom. The van der Waals surface area contributed by atoms with Crippen LogP contribution in [0.2, 0.25) is 0 Å². The molecule has 0 aromatic heterocycles. The van der Waals surface area contributed by atoms with E-state index < -0.39 is 18.4 Å². The number of carboxylic acid groups (broad SMARTS) is 2. The van der Waals surface area contributed by atoms with Crippen LogP contribution in [0, 0.1) is 0 Å². The van der Waals surface area contributed by atoms with Crippen LogP contribution in [-0.2, 0) is 14.3 Å². The molecule has 2 N–H and O–H groups in total. The number of aliphatic carboxylic acids is 2. The number of rotatable bonds is 5. The van der Waals surface area contributed by atoms with Gasteiger partial charge in [0, 0.05) is 5.57 Å². The van der Waals surface area contributed by atoms with Gasteiger partial charge in [0.15, 0.2) is 0 Å². The highest BCUT2D eigenvalue weighted by molar-refractivity contribution is 5.91. The minimum atomic E-state index is -1.27. The Kier molecular flexibility index (Phi) is 32.7. The van der Waals surface area contributed by atoms with Crippen molar-refractivity contribution in [3.05, 3.63) is 64.1 Å². The summed E-state index contributed by atoms with van der Waals surface area (Å²) in [6.07, 6.45) is 2.12. The van der Waals surface area contributed by atoms with E-state index in [1.165, 1.54) is 12.5 Å². The Morgan fingerprint density at radius 3 is 1.39 bits per heavy atom. The number of hydrogen-bond acceptors (Lipinski definition) is 3. The van der Waals surface area contributed by atoms with Crippen molar-refractivity contribution in [3.8, 4) is 0 Å². The summed E-state index contributed by atoms with van der Waals surface area (Å²) in [4.78, 5) is 19.7. The molecule has 0 aliphatic carbocycles. The molecule has 0 unspecified atom stereocenters. The van der Waals surface area contributed by atoms with E-state index in [2.05, 4.69) is 50.8 Å². The molecule has 0 amide bonds. The van der Waals surface area contributed by atoms with Gasteiger partial charge in [0.25, 0.3) is 0 Å². The monoisotopic (exact) mass is 256 g/mol. The quantitative estimate of drug-likeness (QED) is 0.449. The standard InChI is InChI=1S/C5H6O4.C4H6O.2C2H4/c1-3(5(8)9)2-4(6)7;1-3-5-4-2;2*1-2/h1-2H2,(H,6,7)(H,8,9);3-4H,1-2H2;2*1-2H2. The van der Waals surface area contributed by atoms with Crippen LogP contribution >= 0.6 is 0 Å². The Hall–Kier alpha value is -2.56. The minimum Gasteiger partial charge on any atom is -0.481 e. The fourth-order valence-electron chi connectivity index (χ4n) is 0.326. The molecule has 0 radical (unpaired) electrons. The van der Waals surface area contributed by atoms with Crippen LogP contribution in [0.1, 0.15) is 6.42 Å². The van der Waals surface area contributed by atoms with Gasteiger partial charge in [0.1, 0.15) is 0 Å². The van der Waals surface area contributed by atoms with Gasteiger partial charge in [-0.15, -0.1) is 26.3 Å². The predicted molar refractivity (Wildman–Crippen MR) is 73.0 cm³/mol. The van der Waals surface area contributed by atoms with Gasteiger partial charge in [0.2, 0.25) is 0 Å². The second-order valence-electron chi connectivity index (χ2n) is 1.95. The highest BCUT2D eigenvalue weighted by atomic mass is 16.5. The van der Waals surface area contributed by atoms with E-state index in [9.17, 15) is 9.59 Å². The van der Waals surface area contributed by atoms with E-state index in [1.807, 2.05) is 0 Å². The average molecular weight is 256 g/mol. The van der Waals surface area contributed by atoms with Crippen LogP contribution in [0.4, 0.5) is 0 Å². The molecule has 5 nitrogen and oxygen atoms in total. The molecule has 0 heterocycles. The molecule has 0 atom stereocenters. The molecule has 0 saturated heterocycles. The van der Waals surface area contributed by atoms with E-state index in [0.717, 1.165) is 0 Å². The molecular weight excluding hydrogens is 236 g/mol. The molecule has 0 aromatic carbocycles. The summed E-state index contributed by atoms with van der Waals surface area (Å²) in [5.41, 5.74) is -0.303. The normalized spacial score (nSPS) is 6.22. The lowest BCUT2D eigenvalue weighted by Crippen LogP contribution is -2.04. The Morgan fingerprint density at radius 1 is 1.00 bits per heavy atom. The maximum absolute atomic E-state index is 9.87. The van der Waals surface area contributed by atoms with Gasteiger partial charge in [-0.3, -0.25) is 4.79 Å². The van der Waals surface area contributed by atoms with Gasteiger partial charge in [0.05, 0.1) is 18.9 Å². The smallest absolute Gasteiger partial charge is 0.331 e. The van der Waals surface area contributed by atoms with Crippen LogP contribution in [0.25, 0.3) is 0 Å². The second-order valence-corrected chi connectivity index (χ2v) is 1.95. The van der Waals surface area contributed by atoms with E-state index in [-0.39, 0.29) is 5.57 Å². The van der Waals surface area contributed by atoms with Crippen LogP contribution in [-0.4, -0.2) is 22.2 Å². The van der Waals surface area contributed by atoms with E-state index in [4.69, 9.17) is 10.2 Å². The number of carboxylic acids is 2. The maximum Gasteiger partial charge on any atom is 0.331 e. The summed E-state index contributed by atoms with van der Waals surface area (Å²) in [7, 11) is 0. The molecule has 0 aromatic rings. The average Bonchev–Trinajstić information content (AvgIpc) is 2.35. The molecule has 0 fully saturated rings. The summed E-state index contributed by atoms with van der Waals surface area (Å²) in [6.45, 7) is 21.5. The molecule has 0 saturated carbocycles. The lowest BCUT2D eigenvalue weighted by molar-refractivity contribution is -0.139. The van der Waals surface area contributed by atoms with E-state index in [0.29, 0.717) is 0 Å². The zero-order valence-electron chi connectivity index (χ0n) is 10.4. The summed E-state index contributed by atoms with van der Waals surface area (Å²) in [5.74, 6) is -2.44. The first-order valence-corrected chi connectivity index (χ1v) is 4.45. The Bertz CT molecular complexity index is 261. The fourth-order valence-corrected chi connectivity index (χ4v) is 0.326. The molecule has 102 valence electrons. The molecule has 0 bridgehead atoms. The fraction of sp³-hybridized carbons (Fsp3) is 0.0769. The van der Waals surface area contributed by atoms with Crippen LogP contribution in [0.3, 0.4) is 0 Å². The molecule has 0 rings (SSSR count).